The Morgan fingerprint density at radius 3 is 2.71 bits per heavy atom. The van der Waals surface area contributed by atoms with E-state index in [9.17, 15) is 10.1 Å². The van der Waals surface area contributed by atoms with Gasteiger partial charge in [0.25, 0.3) is 5.91 Å². The number of carbonyl (C=O) groups is 1. The van der Waals surface area contributed by atoms with Crippen LogP contribution < -0.4 is 10.1 Å². The fourth-order valence-electron chi connectivity index (χ4n) is 2.18. The molecule has 0 aliphatic heterocycles. The van der Waals surface area contributed by atoms with Crippen LogP contribution >= 0.6 is 11.6 Å². The zero-order valence-electron chi connectivity index (χ0n) is 13.3. The third-order valence-electron chi connectivity index (χ3n) is 3.40. The fourth-order valence-corrected chi connectivity index (χ4v) is 2.36. The Kier molecular flexibility index (Phi) is 6.41. The summed E-state index contributed by atoms with van der Waals surface area (Å²) < 4.78 is 5.22. The number of methoxy groups -OCH3 is 1. The van der Waals surface area contributed by atoms with Crippen LogP contribution in [-0.4, -0.2) is 19.6 Å². The van der Waals surface area contributed by atoms with Crippen molar-refractivity contribution in [3.8, 4) is 11.8 Å². The Balaban J connectivity index is 2.06. The lowest BCUT2D eigenvalue weighted by molar-refractivity contribution is -0.117. The second-order valence-corrected chi connectivity index (χ2v) is 5.48. The van der Waals surface area contributed by atoms with Crippen LogP contribution in [0.4, 0.5) is 0 Å². The van der Waals surface area contributed by atoms with Gasteiger partial charge in [0.05, 0.1) is 7.11 Å². The van der Waals surface area contributed by atoms with E-state index < -0.39 is 5.91 Å². The molecule has 4 nitrogen and oxygen atoms in total. The Labute approximate surface area is 146 Å². The number of carbonyl (C=O) groups excluding carboxylic acids is 1. The van der Waals surface area contributed by atoms with E-state index in [0.717, 1.165) is 5.56 Å². The number of nitrogens with one attached hydrogen (secondary N) is 1. The van der Waals surface area contributed by atoms with E-state index in [2.05, 4.69) is 5.32 Å². The lowest BCUT2D eigenvalue weighted by atomic mass is 10.1. The van der Waals surface area contributed by atoms with Gasteiger partial charge in [-0.1, -0.05) is 41.9 Å². The number of hydrogen-bond donors (Lipinski definition) is 1. The molecule has 0 spiro atoms. The summed E-state index contributed by atoms with van der Waals surface area (Å²) in [6, 6.07) is 16.8. The Morgan fingerprint density at radius 1 is 1.29 bits per heavy atom. The lowest BCUT2D eigenvalue weighted by Gasteiger charge is -2.07. The molecule has 122 valence electrons. The molecule has 1 amide bonds. The molecule has 2 rings (SSSR count). The van der Waals surface area contributed by atoms with E-state index >= 15 is 0 Å². The van der Waals surface area contributed by atoms with Crippen LogP contribution in [0.1, 0.15) is 11.1 Å². The number of hydrogen-bond acceptors (Lipinski definition) is 3. The molecule has 1 N–H and O–H groups in total. The molecule has 0 saturated carbocycles. The van der Waals surface area contributed by atoms with Crippen molar-refractivity contribution in [1.82, 2.24) is 5.32 Å². The van der Waals surface area contributed by atoms with Crippen molar-refractivity contribution in [1.29, 1.82) is 5.26 Å². The topological polar surface area (TPSA) is 62.1 Å². The zero-order chi connectivity index (χ0) is 17.4. The second-order valence-electron chi connectivity index (χ2n) is 5.05. The van der Waals surface area contributed by atoms with Crippen molar-refractivity contribution in [2.45, 2.75) is 6.42 Å². The maximum Gasteiger partial charge on any atom is 0.261 e. The highest BCUT2D eigenvalue weighted by Crippen LogP contribution is 2.24. The molecule has 0 heterocycles. The van der Waals surface area contributed by atoms with Crippen molar-refractivity contribution in [3.63, 3.8) is 0 Å². The first-order valence-electron chi connectivity index (χ1n) is 7.41. The molecule has 0 aromatic heterocycles. The fraction of sp³-hybridized carbons (Fsp3) is 0.158. The third-order valence-corrected chi connectivity index (χ3v) is 3.63. The van der Waals surface area contributed by atoms with Crippen molar-refractivity contribution < 1.29 is 9.53 Å². The van der Waals surface area contributed by atoms with Crippen molar-refractivity contribution in [2.24, 2.45) is 0 Å². The number of nitriles is 1. The predicted octanol–water partition coefficient (Wildman–Crippen LogP) is 3.61. The molecular formula is C19H17ClN2O2. The van der Waals surface area contributed by atoms with Gasteiger partial charge >= 0.3 is 0 Å². The molecule has 0 atom stereocenters. The van der Waals surface area contributed by atoms with Crippen molar-refractivity contribution in [2.75, 3.05) is 13.7 Å². The lowest BCUT2D eigenvalue weighted by Crippen LogP contribution is -2.26. The molecule has 0 unspecified atom stereocenters. The highest BCUT2D eigenvalue weighted by Gasteiger charge is 2.10. The minimum Gasteiger partial charge on any atom is -0.496 e. The normalized spacial score (nSPS) is 10.8. The highest BCUT2D eigenvalue weighted by molar-refractivity contribution is 6.30. The van der Waals surface area contributed by atoms with Gasteiger partial charge in [-0.25, -0.2) is 0 Å². The number of amides is 1. The summed E-state index contributed by atoms with van der Waals surface area (Å²) in [5, 5.41) is 12.5. The van der Waals surface area contributed by atoms with Crippen LogP contribution in [0.15, 0.2) is 54.1 Å². The Hall–Kier alpha value is -2.77. The van der Waals surface area contributed by atoms with E-state index in [1.807, 2.05) is 36.4 Å². The molecule has 0 fully saturated rings. The zero-order valence-corrected chi connectivity index (χ0v) is 14.0. The predicted molar refractivity (Wildman–Crippen MR) is 94.7 cm³/mol. The van der Waals surface area contributed by atoms with Crippen LogP contribution in [0.3, 0.4) is 0 Å². The molecule has 0 radical (unpaired) electrons. The third kappa shape index (κ3) is 4.87. The monoisotopic (exact) mass is 340 g/mol. The molecule has 2 aromatic rings. The van der Waals surface area contributed by atoms with Crippen LogP contribution in [0.5, 0.6) is 5.75 Å². The SMILES string of the molecule is COc1ccc(Cl)cc1/C=C(\C#N)C(=O)NCCc1ccccc1. The molecule has 0 aliphatic carbocycles. The van der Waals surface area contributed by atoms with Gasteiger partial charge in [0.15, 0.2) is 0 Å². The largest absolute Gasteiger partial charge is 0.496 e. The van der Waals surface area contributed by atoms with E-state index in [1.165, 1.54) is 13.2 Å². The number of halogens is 1. The number of benzene rings is 2. The maximum absolute atomic E-state index is 12.2. The smallest absolute Gasteiger partial charge is 0.261 e. The summed E-state index contributed by atoms with van der Waals surface area (Å²) in [7, 11) is 1.52. The molecule has 2 aromatic carbocycles. The van der Waals surface area contributed by atoms with Gasteiger partial charge in [-0.05, 0) is 36.3 Å². The average molecular weight is 341 g/mol. The highest BCUT2D eigenvalue weighted by atomic mass is 35.5. The molecule has 0 bridgehead atoms. The van der Waals surface area contributed by atoms with Crippen LogP contribution in [0.25, 0.3) is 6.08 Å². The first-order valence-corrected chi connectivity index (χ1v) is 7.79. The van der Waals surface area contributed by atoms with Gasteiger partial charge < -0.3 is 10.1 Å². The molecule has 24 heavy (non-hydrogen) atoms. The Morgan fingerprint density at radius 2 is 2.04 bits per heavy atom. The van der Waals surface area contributed by atoms with Crippen molar-refractivity contribution in [3.05, 3.63) is 70.3 Å². The summed E-state index contributed by atoms with van der Waals surface area (Å²) >= 11 is 5.96. The van der Waals surface area contributed by atoms with Gasteiger partial charge in [0.1, 0.15) is 17.4 Å². The summed E-state index contributed by atoms with van der Waals surface area (Å²) in [6.07, 6.45) is 2.17. The van der Waals surface area contributed by atoms with Crippen LogP contribution in [-0.2, 0) is 11.2 Å². The molecule has 0 aliphatic rings. The van der Waals surface area contributed by atoms with E-state index in [1.54, 1.807) is 18.2 Å². The second kappa shape index (κ2) is 8.76. The van der Waals surface area contributed by atoms with Gasteiger partial charge in [0, 0.05) is 17.1 Å². The standard InChI is InChI=1S/C19H17ClN2O2/c1-24-18-8-7-17(20)12-15(18)11-16(13-21)19(23)22-10-9-14-5-3-2-4-6-14/h2-8,11-12H,9-10H2,1H3,(H,22,23)/b16-11+. The first kappa shape index (κ1) is 17.6. The minimum atomic E-state index is -0.421. The van der Waals surface area contributed by atoms with Crippen LogP contribution in [0.2, 0.25) is 5.02 Å². The molecule has 0 saturated heterocycles. The quantitative estimate of drug-likeness (QED) is 0.645. The average Bonchev–Trinajstić information content (AvgIpc) is 2.60. The van der Waals surface area contributed by atoms with E-state index in [-0.39, 0.29) is 5.57 Å². The van der Waals surface area contributed by atoms with Crippen LogP contribution in [0, 0.1) is 11.3 Å². The summed E-state index contributed by atoms with van der Waals surface area (Å²) in [5.74, 6) is 0.125. The summed E-state index contributed by atoms with van der Waals surface area (Å²) in [6.45, 7) is 0.453. The number of rotatable bonds is 6. The van der Waals surface area contributed by atoms with E-state index in [0.29, 0.717) is 29.3 Å². The van der Waals surface area contributed by atoms with Gasteiger partial charge in [-0.2, -0.15) is 5.26 Å². The number of nitrogens with zero attached hydrogens (tertiary/aromatic N) is 1. The molecular weight excluding hydrogens is 324 g/mol. The Bertz CT molecular complexity index is 780. The summed E-state index contributed by atoms with van der Waals surface area (Å²) in [5.41, 5.74) is 1.71. The van der Waals surface area contributed by atoms with Gasteiger partial charge in [-0.15, -0.1) is 0 Å². The van der Waals surface area contributed by atoms with E-state index in [4.69, 9.17) is 16.3 Å². The summed E-state index contributed by atoms with van der Waals surface area (Å²) in [4.78, 5) is 12.2. The van der Waals surface area contributed by atoms with Gasteiger partial charge in [-0.3, -0.25) is 4.79 Å². The minimum absolute atomic E-state index is 0.00336. The van der Waals surface area contributed by atoms with Gasteiger partial charge in [0.2, 0.25) is 0 Å². The van der Waals surface area contributed by atoms with Crippen molar-refractivity contribution >= 4 is 23.6 Å². The first-order chi connectivity index (χ1) is 11.6. The maximum atomic E-state index is 12.2. The molecule has 5 heteroatoms. The number of ether oxygens (including phenoxy) is 1.